The van der Waals surface area contributed by atoms with Gasteiger partial charge in [-0.05, 0) is 36.8 Å². The molecule has 0 unspecified atom stereocenters. The second-order valence-electron chi connectivity index (χ2n) is 5.12. The van der Waals surface area contributed by atoms with E-state index >= 15 is 0 Å². The molecule has 0 radical (unpaired) electrons. The number of nitrogen functional groups attached to an aromatic ring is 1. The molecule has 120 valence electrons. The van der Waals surface area contributed by atoms with E-state index in [1.165, 1.54) is 7.11 Å². The van der Waals surface area contributed by atoms with Crippen LogP contribution < -0.4 is 10.5 Å². The van der Waals surface area contributed by atoms with E-state index in [0.29, 0.717) is 22.7 Å². The lowest BCUT2D eigenvalue weighted by Gasteiger charge is -2.11. The first-order chi connectivity index (χ1) is 11.0. The number of nitrogens with two attached hydrogens (primary N) is 1. The predicted molar refractivity (Wildman–Crippen MR) is 87.7 cm³/mol. The van der Waals surface area contributed by atoms with Crippen LogP contribution >= 0.6 is 0 Å². The molecule has 0 bridgehead atoms. The minimum atomic E-state index is -0.427. The molecule has 0 fully saturated rings. The molecule has 5 heteroatoms. The van der Waals surface area contributed by atoms with Gasteiger partial charge < -0.3 is 15.2 Å². The van der Waals surface area contributed by atoms with Crippen LogP contribution in [0.3, 0.4) is 0 Å². The molecule has 0 spiro atoms. The first-order valence-electron chi connectivity index (χ1n) is 7.24. The van der Waals surface area contributed by atoms with Crippen molar-refractivity contribution >= 4 is 17.4 Å². The maximum atomic E-state index is 12.2. The molecule has 23 heavy (non-hydrogen) atoms. The summed E-state index contributed by atoms with van der Waals surface area (Å²) in [6, 6.07) is 12.5. The molecule has 0 saturated carbocycles. The highest BCUT2D eigenvalue weighted by atomic mass is 16.5. The van der Waals surface area contributed by atoms with Crippen LogP contribution in [0, 0.1) is 6.92 Å². The summed E-state index contributed by atoms with van der Waals surface area (Å²) in [6.45, 7) is 1.94. The molecule has 5 nitrogen and oxygen atoms in total. The van der Waals surface area contributed by atoms with Gasteiger partial charge in [0, 0.05) is 17.7 Å². The molecular weight excluding hydrogens is 294 g/mol. The zero-order chi connectivity index (χ0) is 16.8. The Hall–Kier alpha value is -2.82. The third-order valence-corrected chi connectivity index (χ3v) is 3.43. The number of aryl methyl sites for hydroxylation is 1. The van der Waals surface area contributed by atoms with Crippen molar-refractivity contribution in [2.75, 3.05) is 12.8 Å². The predicted octanol–water partition coefficient (Wildman–Crippen LogP) is 3.51. The van der Waals surface area contributed by atoms with E-state index in [1.54, 1.807) is 18.2 Å². The van der Waals surface area contributed by atoms with Crippen LogP contribution in [0.15, 0.2) is 42.5 Å². The second kappa shape index (κ2) is 7.45. The summed E-state index contributed by atoms with van der Waals surface area (Å²) in [5.74, 6) is 0.590. The Morgan fingerprint density at radius 2 is 1.83 bits per heavy atom. The highest BCUT2D eigenvalue weighted by Crippen LogP contribution is 2.28. The fraction of sp³-hybridized carbons (Fsp3) is 0.222. The molecule has 0 saturated heterocycles. The Labute approximate surface area is 135 Å². The maximum Gasteiger partial charge on any atom is 0.305 e. The van der Waals surface area contributed by atoms with Crippen LogP contribution in [-0.2, 0) is 9.53 Å². The van der Waals surface area contributed by atoms with E-state index in [1.807, 2.05) is 31.2 Å². The molecule has 0 aliphatic rings. The van der Waals surface area contributed by atoms with Gasteiger partial charge in [-0.25, -0.2) is 0 Å². The Balaban J connectivity index is 2.17. The number of carbonyl (C=O) groups excluding carboxylic acids is 2. The minimum Gasteiger partial charge on any atom is -0.469 e. The number of Topliss-reactive ketones (excluding diaryl/α,β-unsaturated/α-hetero) is 1. The van der Waals surface area contributed by atoms with Gasteiger partial charge in [-0.3, -0.25) is 9.59 Å². The summed E-state index contributed by atoms with van der Waals surface area (Å²) >= 11 is 0. The molecule has 0 aromatic heterocycles. The highest BCUT2D eigenvalue weighted by molar-refractivity contribution is 6.02. The molecule has 0 heterocycles. The number of carbonyl (C=O) groups is 2. The van der Waals surface area contributed by atoms with E-state index in [0.717, 1.165) is 5.56 Å². The Bertz CT molecular complexity index is 725. The Morgan fingerprint density at radius 1 is 1.09 bits per heavy atom. The molecule has 0 atom stereocenters. The van der Waals surface area contributed by atoms with Crippen molar-refractivity contribution in [3.05, 3.63) is 53.6 Å². The standard InChI is InChI=1S/C18H19NO4/c1-12-5-3-4-6-17(12)23-13-7-8-15(19)14(11-13)16(20)9-10-18(21)22-2/h3-8,11H,9-10,19H2,1-2H3. The first kappa shape index (κ1) is 16.5. The molecule has 2 rings (SSSR count). The zero-order valence-corrected chi connectivity index (χ0v) is 13.2. The minimum absolute atomic E-state index is 0.0254. The van der Waals surface area contributed by atoms with Crippen molar-refractivity contribution in [1.29, 1.82) is 0 Å². The molecular formula is C18H19NO4. The number of methoxy groups -OCH3 is 1. The average Bonchev–Trinajstić information content (AvgIpc) is 2.56. The van der Waals surface area contributed by atoms with E-state index in [4.69, 9.17) is 10.5 Å². The van der Waals surface area contributed by atoms with Crippen LogP contribution in [0.5, 0.6) is 11.5 Å². The fourth-order valence-electron chi connectivity index (χ4n) is 2.09. The summed E-state index contributed by atoms with van der Waals surface area (Å²) in [4.78, 5) is 23.4. The number of anilines is 1. The number of ether oxygens (including phenoxy) is 2. The first-order valence-corrected chi connectivity index (χ1v) is 7.24. The number of esters is 1. The Morgan fingerprint density at radius 3 is 2.52 bits per heavy atom. The average molecular weight is 313 g/mol. The lowest BCUT2D eigenvalue weighted by atomic mass is 10.0. The largest absolute Gasteiger partial charge is 0.469 e. The van der Waals surface area contributed by atoms with E-state index in [9.17, 15) is 9.59 Å². The SMILES string of the molecule is COC(=O)CCC(=O)c1cc(Oc2ccccc2C)ccc1N. The van der Waals surface area contributed by atoms with Crippen LogP contribution in [0.1, 0.15) is 28.8 Å². The quantitative estimate of drug-likeness (QED) is 0.501. The summed E-state index contributed by atoms with van der Waals surface area (Å²) in [7, 11) is 1.29. The monoisotopic (exact) mass is 313 g/mol. The lowest BCUT2D eigenvalue weighted by molar-refractivity contribution is -0.140. The van der Waals surface area contributed by atoms with Crippen molar-refractivity contribution in [1.82, 2.24) is 0 Å². The van der Waals surface area contributed by atoms with Gasteiger partial charge in [0.15, 0.2) is 5.78 Å². The Kier molecular flexibility index (Phi) is 5.36. The zero-order valence-electron chi connectivity index (χ0n) is 13.2. The molecule has 2 aromatic rings. The third kappa shape index (κ3) is 4.32. The normalized spacial score (nSPS) is 10.2. The number of ketones is 1. The fourth-order valence-corrected chi connectivity index (χ4v) is 2.09. The van der Waals surface area contributed by atoms with Crippen LogP contribution in [0.25, 0.3) is 0 Å². The topological polar surface area (TPSA) is 78.6 Å². The number of para-hydroxylation sites is 1. The van der Waals surface area contributed by atoms with Crippen LogP contribution in [-0.4, -0.2) is 18.9 Å². The van der Waals surface area contributed by atoms with Crippen molar-refractivity contribution in [2.45, 2.75) is 19.8 Å². The highest BCUT2D eigenvalue weighted by Gasteiger charge is 2.14. The van der Waals surface area contributed by atoms with Crippen molar-refractivity contribution < 1.29 is 19.1 Å². The summed E-state index contributed by atoms with van der Waals surface area (Å²) in [5.41, 5.74) is 7.55. The van der Waals surface area contributed by atoms with Gasteiger partial charge in [-0.15, -0.1) is 0 Å². The van der Waals surface area contributed by atoms with Crippen molar-refractivity contribution in [2.24, 2.45) is 0 Å². The van der Waals surface area contributed by atoms with Crippen molar-refractivity contribution in [3.8, 4) is 11.5 Å². The molecule has 2 aromatic carbocycles. The second-order valence-corrected chi connectivity index (χ2v) is 5.12. The van der Waals surface area contributed by atoms with E-state index in [2.05, 4.69) is 4.74 Å². The molecule has 0 aliphatic heterocycles. The van der Waals surface area contributed by atoms with Crippen molar-refractivity contribution in [3.63, 3.8) is 0 Å². The smallest absolute Gasteiger partial charge is 0.305 e. The van der Waals surface area contributed by atoms with Gasteiger partial charge in [0.25, 0.3) is 0 Å². The van der Waals surface area contributed by atoms with Gasteiger partial charge in [-0.2, -0.15) is 0 Å². The van der Waals surface area contributed by atoms with Gasteiger partial charge >= 0.3 is 5.97 Å². The maximum absolute atomic E-state index is 12.2. The number of rotatable bonds is 6. The molecule has 2 N–H and O–H groups in total. The van der Waals surface area contributed by atoms with Gasteiger partial charge in [0.1, 0.15) is 11.5 Å². The van der Waals surface area contributed by atoms with E-state index < -0.39 is 5.97 Å². The summed E-state index contributed by atoms with van der Waals surface area (Å²) < 4.78 is 10.3. The summed E-state index contributed by atoms with van der Waals surface area (Å²) in [6.07, 6.45) is 0.0718. The van der Waals surface area contributed by atoms with Gasteiger partial charge in [0.2, 0.25) is 0 Å². The third-order valence-electron chi connectivity index (χ3n) is 3.43. The number of hydrogen-bond acceptors (Lipinski definition) is 5. The molecule has 0 aliphatic carbocycles. The van der Waals surface area contributed by atoms with Gasteiger partial charge in [-0.1, -0.05) is 18.2 Å². The molecule has 0 amide bonds. The lowest BCUT2D eigenvalue weighted by Crippen LogP contribution is -2.08. The van der Waals surface area contributed by atoms with Crippen LogP contribution in [0.4, 0.5) is 5.69 Å². The number of benzene rings is 2. The number of hydrogen-bond donors (Lipinski definition) is 1. The van der Waals surface area contributed by atoms with Crippen LogP contribution in [0.2, 0.25) is 0 Å². The summed E-state index contributed by atoms with van der Waals surface area (Å²) in [5, 5.41) is 0. The van der Waals surface area contributed by atoms with E-state index in [-0.39, 0.29) is 18.6 Å². The van der Waals surface area contributed by atoms with Gasteiger partial charge in [0.05, 0.1) is 13.5 Å².